The molecule has 0 spiro atoms. The van der Waals surface area contributed by atoms with Crippen molar-refractivity contribution in [2.24, 2.45) is 17.1 Å². The highest BCUT2D eigenvalue weighted by molar-refractivity contribution is 5.82. The minimum Gasteiger partial charge on any atom is -0.352 e. The molecule has 0 aromatic carbocycles. The van der Waals surface area contributed by atoms with Crippen molar-refractivity contribution >= 4 is 5.91 Å². The van der Waals surface area contributed by atoms with E-state index in [0.29, 0.717) is 5.92 Å². The summed E-state index contributed by atoms with van der Waals surface area (Å²) in [5, 5.41) is 3.12. The van der Waals surface area contributed by atoms with E-state index >= 15 is 0 Å². The maximum Gasteiger partial charge on any atom is 0.237 e. The van der Waals surface area contributed by atoms with Crippen LogP contribution in [0.15, 0.2) is 0 Å². The number of nitrogens with two attached hydrogens (primary N) is 1. The quantitative estimate of drug-likeness (QED) is 0.761. The summed E-state index contributed by atoms with van der Waals surface area (Å²) in [7, 11) is 0. The lowest BCUT2D eigenvalue weighted by molar-refractivity contribution is -0.125. The third-order valence-electron chi connectivity index (χ3n) is 4.19. The molecule has 0 unspecified atom stereocenters. The Morgan fingerprint density at radius 2 is 1.67 bits per heavy atom. The average Bonchev–Trinajstić information content (AvgIpc) is 2.55. The molecule has 0 aromatic rings. The first-order valence-electron chi connectivity index (χ1n) is 7.38. The summed E-state index contributed by atoms with van der Waals surface area (Å²) in [4.78, 5) is 12.1. The summed E-state index contributed by atoms with van der Waals surface area (Å²) in [6, 6.07) is -0.172. The number of amides is 1. The molecule has 0 heterocycles. The predicted octanol–water partition coefficient (Wildman–Crippen LogP) is 2.83. The molecule has 2 atom stereocenters. The minimum absolute atomic E-state index is 0.000697. The van der Waals surface area contributed by atoms with Crippen molar-refractivity contribution in [3.8, 4) is 0 Å². The van der Waals surface area contributed by atoms with Crippen molar-refractivity contribution in [2.75, 3.05) is 0 Å². The van der Waals surface area contributed by atoms with Crippen molar-refractivity contribution in [2.45, 2.75) is 78.3 Å². The van der Waals surface area contributed by atoms with E-state index in [2.05, 4.69) is 12.2 Å². The molecule has 3 heteroatoms. The van der Waals surface area contributed by atoms with E-state index in [0.717, 1.165) is 0 Å². The maximum atomic E-state index is 12.1. The molecule has 0 bridgehead atoms. The van der Waals surface area contributed by atoms with Gasteiger partial charge in [-0.2, -0.15) is 0 Å². The van der Waals surface area contributed by atoms with Gasteiger partial charge in [-0.3, -0.25) is 4.79 Å². The molecule has 1 saturated carbocycles. The van der Waals surface area contributed by atoms with E-state index in [9.17, 15) is 4.79 Å². The Kier molecular flexibility index (Phi) is 5.64. The summed E-state index contributed by atoms with van der Waals surface area (Å²) in [5.74, 6) is 0.628. The van der Waals surface area contributed by atoms with E-state index in [1.165, 1.54) is 38.5 Å². The van der Waals surface area contributed by atoms with Crippen LogP contribution < -0.4 is 11.1 Å². The van der Waals surface area contributed by atoms with Gasteiger partial charge in [0.25, 0.3) is 0 Å². The highest BCUT2D eigenvalue weighted by Gasteiger charge is 2.29. The number of carbonyl (C=O) groups excluding carboxylic acids is 1. The summed E-state index contributed by atoms with van der Waals surface area (Å²) in [6.07, 6.45) is 7.78. The first-order valence-corrected chi connectivity index (χ1v) is 7.38. The molecular formula is C15H30N2O. The number of carbonyl (C=O) groups is 1. The molecule has 1 rings (SSSR count). The van der Waals surface area contributed by atoms with Gasteiger partial charge in [-0.1, -0.05) is 46.5 Å². The molecule has 3 nitrogen and oxygen atoms in total. The van der Waals surface area contributed by atoms with Crippen LogP contribution in [0.25, 0.3) is 0 Å². The molecule has 18 heavy (non-hydrogen) atoms. The smallest absolute Gasteiger partial charge is 0.237 e. The first kappa shape index (κ1) is 15.5. The summed E-state index contributed by atoms with van der Waals surface area (Å²) in [5.41, 5.74) is 5.82. The Labute approximate surface area is 112 Å². The third-order valence-corrected chi connectivity index (χ3v) is 4.19. The molecular weight excluding hydrogens is 224 g/mol. The highest BCUT2D eigenvalue weighted by Crippen LogP contribution is 2.26. The van der Waals surface area contributed by atoms with Crippen LogP contribution in [0.3, 0.4) is 0 Å². The predicted molar refractivity (Wildman–Crippen MR) is 76.2 cm³/mol. The van der Waals surface area contributed by atoms with Gasteiger partial charge in [0.1, 0.15) is 0 Å². The van der Waals surface area contributed by atoms with Gasteiger partial charge in [0.2, 0.25) is 5.91 Å². The Morgan fingerprint density at radius 1 is 1.17 bits per heavy atom. The number of hydrogen-bond acceptors (Lipinski definition) is 2. The van der Waals surface area contributed by atoms with Crippen LogP contribution in [-0.2, 0) is 4.79 Å². The lowest BCUT2D eigenvalue weighted by Gasteiger charge is -2.30. The van der Waals surface area contributed by atoms with Crippen LogP contribution in [0.1, 0.15) is 66.2 Å². The molecule has 0 radical (unpaired) electrons. The van der Waals surface area contributed by atoms with Gasteiger partial charge in [0.05, 0.1) is 6.04 Å². The lowest BCUT2D eigenvalue weighted by atomic mass is 9.86. The number of rotatable bonds is 3. The number of hydrogen-bond donors (Lipinski definition) is 2. The average molecular weight is 254 g/mol. The van der Waals surface area contributed by atoms with Crippen molar-refractivity contribution in [1.29, 1.82) is 0 Å². The van der Waals surface area contributed by atoms with E-state index in [1.807, 2.05) is 20.8 Å². The molecule has 0 aliphatic heterocycles. The Bertz CT molecular complexity index is 262. The van der Waals surface area contributed by atoms with Crippen LogP contribution in [0.2, 0.25) is 0 Å². The molecule has 3 N–H and O–H groups in total. The number of nitrogens with one attached hydrogen (secondary N) is 1. The molecule has 106 valence electrons. The van der Waals surface area contributed by atoms with Crippen molar-refractivity contribution < 1.29 is 4.79 Å². The lowest BCUT2D eigenvalue weighted by Crippen LogP contribution is -2.52. The second kappa shape index (κ2) is 6.55. The van der Waals surface area contributed by atoms with Gasteiger partial charge in [-0.25, -0.2) is 0 Å². The molecule has 0 aromatic heterocycles. The van der Waals surface area contributed by atoms with Gasteiger partial charge >= 0.3 is 0 Å². The fourth-order valence-electron chi connectivity index (χ4n) is 2.64. The van der Waals surface area contributed by atoms with E-state index in [-0.39, 0.29) is 17.4 Å². The molecule has 1 fully saturated rings. The van der Waals surface area contributed by atoms with Crippen molar-refractivity contribution in [3.63, 3.8) is 0 Å². The summed E-state index contributed by atoms with van der Waals surface area (Å²) >= 11 is 0. The monoisotopic (exact) mass is 254 g/mol. The van der Waals surface area contributed by atoms with Gasteiger partial charge in [-0.15, -0.1) is 0 Å². The molecule has 1 aliphatic carbocycles. The second-order valence-electron chi connectivity index (χ2n) is 6.89. The Hall–Kier alpha value is -0.570. The maximum absolute atomic E-state index is 12.1. The van der Waals surface area contributed by atoms with E-state index in [4.69, 9.17) is 5.73 Å². The third kappa shape index (κ3) is 4.60. The SMILES string of the molecule is C[C@@H](NC(=O)[C@H](N)C(C)(C)C)C1CCCCCC1. The van der Waals surface area contributed by atoms with Gasteiger partial charge in [-0.05, 0) is 31.1 Å². The van der Waals surface area contributed by atoms with Crippen molar-refractivity contribution in [3.05, 3.63) is 0 Å². The van der Waals surface area contributed by atoms with E-state index < -0.39 is 6.04 Å². The van der Waals surface area contributed by atoms with Crippen LogP contribution >= 0.6 is 0 Å². The Morgan fingerprint density at radius 3 is 2.11 bits per heavy atom. The van der Waals surface area contributed by atoms with Gasteiger partial charge in [0.15, 0.2) is 0 Å². The van der Waals surface area contributed by atoms with Crippen LogP contribution in [0.4, 0.5) is 0 Å². The van der Waals surface area contributed by atoms with Gasteiger partial charge in [0, 0.05) is 6.04 Å². The fourth-order valence-corrected chi connectivity index (χ4v) is 2.64. The largest absolute Gasteiger partial charge is 0.352 e. The molecule has 1 aliphatic rings. The summed E-state index contributed by atoms with van der Waals surface area (Å²) < 4.78 is 0. The zero-order valence-electron chi connectivity index (χ0n) is 12.5. The minimum atomic E-state index is -0.425. The van der Waals surface area contributed by atoms with Gasteiger partial charge < -0.3 is 11.1 Å². The first-order chi connectivity index (χ1) is 8.32. The van der Waals surface area contributed by atoms with E-state index in [1.54, 1.807) is 0 Å². The topological polar surface area (TPSA) is 55.1 Å². The van der Waals surface area contributed by atoms with Crippen LogP contribution in [0.5, 0.6) is 0 Å². The van der Waals surface area contributed by atoms with Crippen molar-refractivity contribution in [1.82, 2.24) is 5.32 Å². The molecule has 1 amide bonds. The standard InChI is InChI=1S/C15H30N2O/c1-11(12-9-7-5-6-8-10-12)17-14(18)13(16)15(2,3)4/h11-13H,5-10,16H2,1-4H3,(H,17,18)/t11-,13+/m1/s1. The Balaban J connectivity index is 2.47. The molecule has 0 saturated heterocycles. The van der Waals surface area contributed by atoms with Crippen LogP contribution in [0, 0.1) is 11.3 Å². The zero-order chi connectivity index (χ0) is 13.8. The second-order valence-corrected chi connectivity index (χ2v) is 6.89. The zero-order valence-corrected chi connectivity index (χ0v) is 12.5. The fraction of sp³-hybridized carbons (Fsp3) is 0.933. The normalized spacial score (nSPS) is 22.1. The van der Waals surface area contributed by atoms with Crippen LogP contribution in [-0.4, -0.2) is 18.0 Å². The highest BCUT2D eigenvalue weighted by atomic mass is 16.2. The summed E-state index contributed by atoms with van der Waals surface area (Å²) in [6.45, 7) is 8.15.